The fraction of sp³-hybridized carbons (Fsp3) is 0.500. The third-order valence-corrected chi connectivity index (χ3v) is 3.55. The number of benzene rings is 1. The Balaban J connectivity index is 1.80. The molecule has 3 nitrogen and oxygen atoms in total. The van der Waals surface area contributed by atoms with Gasteiger partial charge in [0.15, 0.2) is 0 Å². The van der Waals surface area contributed by atoms with Gasteiger partial charge in [0.1, 0.15) is 0 Å². The molecular weight excluding hydrogens is 210 g/mol. The summed E-state index contributed by atoms with van der Waals surface area (Å²) in [5, 5.41) is 9.35. The molecule has 0 bridgehead atoms. The van der Waals surface area contributed by atoms with Gasteiger partial charge in [-0.05, 0) is 50.9 Å². The summed E-state index contributed by atoms with van der Waals surface area (Å²) in [6, 6.07) is 6.44. The molecule has 1 aliphatic heterocycles. The topological polar surface area (TPSA) is 29.9 Å². The summed E-state index contributed by atoms with van der Waals surface area (Å²) in [5.41, 5.74) is 2.41. The molecule has 0 spiro atoms. The van der Waals surface area contributed by atoms with Crippen LogP contribution in [-0.4, -0.2) is 22.9 Å². The first kappa shape index (κ1) is 10.8. The second kappa shape index (κ2) is 4.49. The van der Waals surface area contributed by atoms with Gasteiger partial charge in [0, 0.05) is 18.1 Å². The molecule has 1 aromatic heterocycles. The van der Waals surface area contributed by atoms with Gasteiger partial charge in [0.2, 0.25) is 0 Å². The summed E-state index contributed by atoms with van der Waals surface area (Å²) in [6.45, 7) is 5.48. The van der Waals surface area contributed by atoms with Crippen LogP contribution in [0.25, 0.3) is 10.9 Å². The molecule has 2 heterocycles. The van der Waals surface area contributed by atoms with Crippen molar-refractivity contribution in [3.63, 3.8) is 0 Å². The summed E-state index contributed by atoms with van der Waals surface area (Å²) in [6.07, 6.45) is 4.80. The molecule has 1 saturated heterocycles. The molecule has 1 unspecified atom stereocenters. The van der Waals surface area contributed by atoms with Crippen LogP contribution in [0.4, 0.5) is 0 Å². The Kier molecular flexibility index (Phi) is 2.85. The highest BCUT2D eigenvalue weighted by molar-refractivity contribution is 5.78. The van der Waals surface area contributed by atoms with Crippen molar-refractivity contribution < 1.29 is 0 Å². The average molecular weight is 229 g/mol. The van der Waals surface area contributed by atoms with Gasteiger partial charge in [0.05, 0.1) is 5.52 Å². The van der Waals surface area contributed by atoms with E-state index in [1.54, 1.807) is 0 Å². The molecule has 2 aromatic rings. The predicted octanol–water partition coefficient (Wildman–Crippen LogP) is 2.34. The van der Waals surface area contributed by atoms with Gasteiger partial charge in [-0.3, -0.25) is 4.68 Å². The maximum atomic E-state index is 4.64. The van der Waals surface area contributed by atoms with Gasteiger partial charge in [0.25, 0.3) is 0 Å². The Morgan fingerprint density at radius 1 is 1.47 bits per heavy atom. The van der Waals surface area contributed by atoms with Gasteiger partial charge in [-0.1, -0.05) is 11.6 Å². The highest BCUT2D eigenvalue weighted by Crippen LogP contribution is 2.17. The Morgan fingerprint density at radius 3 is 3.24 bits per heavy atom. The van der Waals surface area contributed by atoms with Crippen molar-refractivity contribution in [1.82, 2.24) is 15.1 Å². The van der Waals surface area contributed by atoms with E-state index >= 15 is 0 Å². The van der Waals surface area contributed by atoms with Crippen LogP contribution in [0.2, 0.25) is 0 Å². The molecule has 17 heavy (non-hydrogen) atoms. The molecule has 3 heteroatoms. The Labute approximate surface area is 102 Å². The lowest BCUT2D eigenvalue weighted by Gasteiger charge is -2.22. The van der Waals surface area contributed by atoms with Crippen LogP contribution in [0, 0.1) is 12.8 Å². The van der Waals surface area contributed by atoms with E-state index in [2.05, 4.69) is 46.4 Å². The number of nitrogens with zero attached hydrogens (tertiary/aromatic N) is 2. The van der Waals surface area contributed by atoms with Gasteiger partial charge < -0.3 is 5.32 Å². The van der Waals surface area contributed by atoms with E-state index in [-0.39, 0.29) is 0 Å². The Hall–Kier alpha value is -1.35. The predicted molar refractivity (Wildman–Crippen MR) is 70.1 cm³/mol. The average Bonchev–Trinajstić information content (AvgIpc) is 2.71. The number of hydrogen-bond donors (Lipinski definition) is 1. The van der Waals surface area contributed by atoms with E-state index in [4.69, 9.17) is 0 Å². The third kappa shape index (κ3) is 2.34. The quantitative estimate of drug-likeness (QED) is 0.856. The van der Waals surface area contributed by atoms with E-state index in [1.165, 1.54) is 30.3 Å². The van der Waals surface area contributed by atoms with E-state index in [0.717, 1.165) is 24.5 Å². The first-order valence-electron chi connectivity index (χ1n) is 6.46. The molecule has 1 aromatic carbocycles. The zero-order valence-electron chi connectivity index (χ0n) is 10.3. The second-order valence-corrected chi connectivity index (χ2v) is 5.13. The van der Waals surface area contributed by atoms with Crippen LogP contribution in [0.15, 0.2) is 24.4 Å². The lowest BCUT2D eigenvalue weighted by Crippen LogP contribution is -2.32. The SMILES string of the molecule is Cc1ccc2nn(CC3CCCNC3)cc2c1. The number of aryl methyl sites for hydroxylation is 1. The van der Waals surface area contributed by atoms with Gasteiger partial charge >= 0.3 is 0 Å². The molecule has 0 saturated carbocycles. The molecule has 1 N–H and O–H groups in total. The smallest absolute Gasteiger partial charge is 0.0923 e. The largest absolute Gasteiger partial charge is 0.316 e. The lowest BCUT2D eigenvalue weighted by atomic mass is 10.00. The monoisotopic (exact) mass is 229 g/mol. The minimum absolute atomic E-state index is 0.735. The zero-order valence-corrected chi connectivity index (χ0v) is 10.3. The standard InChI is InChI=1S/C14H19N3/c1-11-4-5-14-13(7-11)10-17(16-14)9-12-3-2-6-15-8-12/h4-5,7,10,12,15H,2-3,6,8-9H2,1H3. The van der Waals surface area contributed by atoms with Crippen molar-refractivity contribution >= 4 is 10.9 Å². The summed E-state index contributed by atoms with van der Waals surface area (Å²) >= 11 is 0. The summed E-state index contributed by atoms with van der Waals surface area (Å²) in [5.74, 6) is 0.735. The third-order valence-electron chi connectivity index (χ3n) is 3.55. The Morgan fingerprint density at radius 2 is 2.41 bits per heavy atom. The summed E-state index contributed by atoms with van der Waals surface area (Å²) in [7, 11) is 0. The number of hydrogen-bond acceptors (Lipinski definition) is 2. The van der Waals surface area contributed by atoms with Gasteiger partial charge in [-0.25, -0.2) is 0 Å². The molecule has 1 fully saturated rings. The van der Waals surface area contributed by atoms with Crippen LogP contribution in [-0.2, 0) is 6.54 Å². The molecule has 0 aliphatic carbocycles. The van der Waals surface area contributed by atoms with Crippen molar-refractivity contribution in [2.45, 2.75) is 26.3 Å². The van der Waals surface area contributed by atoms with Crippen LogP contribution in [0.1, 0.15) is 18.4 Å². The molecule has 3 rings (SSSR count). The van der Waals surface area contributed by atoms with E-state index < -0.39 is 0 Å². The van der Waals surface area contributed by atoms with Crippen LogP contribution in [0.3, 0.4) is 0 Å². The number of nitrogens with one attached hydrogen (secondary N) is 1. The fourth-order valence-electron chi connectivity index (χ4n) is 2.63. The van der Waals surface area contributed by atoms with Crippen molar-refractivity contribution in [1.29, 1.82) is 0 Å². The second-order valence-electron chi connectivity index (χ2n) is 5.13. The molecule has 90 valence electrons. The highest BCUT2D eigenvalue weighted by atomic mass is 15.3. The van der Waals surface area contributed by atoms with Gasteiger partial charge in [-0.15, -0.1) is 0 Å². The highest BCUT2D eigenvalue weighted by Gasteiger charge is 2.14. The summed E-state index contributed by atoms with van der Waals surface area (Å²) in [4.78, 5) is 0. The lowest BCUT2D eigenvalue weighted by molar-refractivity contribution is 0.326. The Bertz CT molecular complexity index is 509. The number of fused-ring (bicyclic) bond motifs is 1. The molecular formula is C14H19N3. The maximum Gasteiger partial charge on any atom is 0.0923 e. The molecule has 1 atom stereocenters. The number of piperidine rings is 1. The van der Waals surface area contributed by atoms with Crippen LogP contribution < -0.4 is 5.32 Å². The zero-order chi connectivity index (χ0) is 11.7. The fourth-order valence-corrected chi connectivity index (χ4v) is 2.63. The van der Waals surface area contributed by atoms with Crippen molar-refractivity contribution in [3.8, 4) is 0 Å². The molecule has 1 aliphatic rings. The molecule has 0 radical (unpaired) electrons. The first-order valence-corrected chi connectivity index (χ1v) is 6.46. The maximum absolute atomic E-state index is 4.64. The normalized spacial score (nSPS) is 20.9. The summed E-state index contributed by atoms with van der Waals surface area (Å²) < 4.78 is 2.11. The van der Waals surface area contributed by atoms with Crippen molar-refractivity contribution in [2.75, 3.05) is 13.1 Å². The first-order chi connectivity index (χ1) is 8.31. The van der Waals surface area contributed by atoms with Crippen molar-refractivity contribution in [3.05, 3.63) is 30.0 Å². The molecule has 0 amide bonds. The number of rotatable bonds is 2. The van der Waals surface area contributed by atoms with Crippen LogP contribution in [0.5, 0.6) is 0 Å². The van der Waals surface area contributed by atoms with Crippen molar-refractivity contribution in [2.24, 2.45) is 5.92 Å². The van der Waals surface area contributed by atoms with E-state index in [9.17, 15) is 0 Å². The minimum Gasteiger partial charge on any atom is -0.316 e. The minimum atomic E-state index is 0.735. The van der Waals surface area contributed by atoms with Crippen LogP contribution >= 0.6 is 0 Å². The van der Waals surface area contributed by atoms with E-state index in [1.807, 2.05) is 0 Å². The van der Waals surface area contributed by atoms with Gasteiger partial charge in [-0.2, -0.15) is 5.10 Å². The number of aromatic nitrogens is 2. The van der Waals surface area contributed by atoms with E-state index in [0.29, 0.717) is 0 Å².